The summed E-state index contributed by atoms with van der Waals surface area (Å²) in [7, 11) is 1.71. The van der Waals surface area contributed by atoms with Gasteiger partial charge in [-0.15, -0.1) is 0 Å². The molecule has 0 aromatic heterocycles. The third-order valence-corrected chi connectivity index (χ3v) is 4.60. The highest BCUT2D eigenvalue weighted by Gasteiger charge is 2.08. The Bertz CT molecular complexity index is 753. The Kier molecular flexibility index (Phi) is 6.86. The van der Waals surface area contributed by atoms with E-state index in [-0.39, 0.29) is 0 Å². The predicted octanol–water partition coefficient (Wildman–Crippen LogP) is 5.33. The first-order chi connectivity index (χ1) is 12.8. The molecule has 3 aromatic carbocycles. The van der Waals surface area contributed by atoms with Crippen LogP contribution in [0.15, 0.2) is 84.9 Å². The van der Waals surface area contributed by atoms with Gasteiger partial charge in [0, 0.05) is 13.1 Å². The van der Waals surface area contributed by atoms with Gasteiger partial charge in [-0.05, 0) is 48.2 Å². The SMILES string of the molecule is COc1ccc(CN(CCCc2ccccc2)Cc2ccccc2)cc1. The zero-order chi connectivity index (χ0) is 18.0. The van der Waals surface area contributed by atoms with Crippen molar-refractivity contribution < 1.29 is 4.74 Å². The number of methoxy groups -OCH3 is 1. The van der Waals surface area contributed by atoms with Crippen LogP contribution in [-0.2, 0) is 19.5 Å². The summed E-state index contributed by atoms with van der Waals surface area (Å²) in [5.74, 6) is 0.910. The lowest BCUT2D eigenvalue weighted by Gasteiger charge is -2.23. The van der Waals surface area contributed by atoms with Gasteiger partial charge < -0.3 is 4.74 Å². The van der Waals surface area contributed by atoms with Crippen molar-refractivity contribution in [2.24, 2.45) is 0 Å². The summed E-state index contributed by atoms with van der Waals surface area (Å²) in [6.07, 6.45) is 2.28. The second kappa shape index (κ2) is 9.79. The first-order valence-corrected chi connectivity index (χ1v) is 9.26. The van der Waals surface area contributed by atoms with Crippen molar-refractivity contribution in [3.05, 3.63) is 102 Å². The van der Waals surface area contributed by atoms with Gasteiger partial charge in [0.15, 0.2) is 0 Å². The van der Waals surface area contributed by atoms with Gasteiger partial charge in [-0.3, -0.25) is 4.90 Å². The molecule has 2 heteroatoms. The summed E-state index contributed by atoms with van der Waals surface area (Å²) < 4.78 is 5.27. The van der Waals surface area contributed by atoms with Crippen LogP contribution in [-0.4, -0.2) is 18.6 Å². The monoisotopic (exact) mass is 345 g/mol. The van der Waals surface area contributed by atoms with E-state index in [2.05, 4.69) is 77.7 Å². The number of hydrogen-bond donors (Lipinski definition) is 0. The highest BCUT2D eigenvalue weighted by atomic mass is 16.5. The quantitative estimate of drug-likeness (QED) is 0.520. The number of ether oxygens (including phenoxy) is 1. The Balaban J connectivity index is 1.62. The topological polar surface area (TPSA) is 12.5 Å². The van der Waals surface area contributed by atoms with E-state index >= 15 is 0 Å². The summed E-state index contributed by atoms with van der Waals surface area (Å²) in [5.41, 5.74) is 4.10. The Hall–Kier alpha value is -2.58. The van der Waals surface area contributed by atoms with Gasteiger partial charge in [0.05, 0.1) is 7.11 Å². The number of aryl methyl sites for hydroxylation is 1. The summed E-state index contributed by atoms with van der Waals surface area (Å²) in [4.78, 5) is 2.53. The molecule has 0 unspecified atom stereocenters. The average Bonchev–Trinajstić information content (AvgIpc) is 2.70. The van der Waals surface area contributed by atoms with Crippen LogP contribution in [0.3, 0.4) is 0 Å². The van der Waals surface area contributed by atoms with Crippen LogP contribution >= 0.6 is 0 Å². The Labute approximate surface area is 157 Å². The minimum absolute atomic E-state index is 0.910. The van der Waals surface area contributed by atoms with Crippen molar-refractivity contribution in [2.75, 3.05) is 13.7 Å². The predicted molar refractivity (Wildman–Crippen MR) is 108 cm³/mol. The van der Waals surface area contributed by atoms with Crippen molar-refractivity contribution in [2.45, 2.75) is 25.9 Å². The number of benzene rings is 3. The molecule has 134 valence electrons. The third kappa shape index (κ3) is 5.75. The molecule has 0 saturated carbocycles. The van der Waals surface area contributed by atoms with Crippen molar-refractivity contribution in [3.8, 4) is 5.75 Å². The molecule has 0 radical (unpaired) electrons. The van der Waals surface area contributed by atoms with Crippen LogP contribution < -0.4 is 4.74 Å². The first kappa shape index (κ1) is 18.2. The van der Waals surface area contributed by atoms with E-state index in [9.17, 15) is 0 Å². The molecule has 3 rings (SSSR count). The van der Waals surface area contributed by atoms with Crippen molar-refractivity contribution in [1.82, 2.24) is 4.90 Å². The summed E-state index contributed by atoms with van der Waals surface area (Å²) in [6, 6.07) is 29.9. The van der Waals surface area contributed by atoms with Crippen molar-refractivity contribution >= 4 is 0 Å². The maximum Gasteiger partial charge on any atom is 0.118 e. The highest BCUT2D eigenvalue weighted by Crippen LogP contribution is 2.15. The largest absolute Gasteiger partial charge is 0.497 e. The molecule has 0 bridgehead atoms. The lowest BCUT2D eigenvalue weighted by molar-refractivity contribution is 0.253. The van der Waals surface area contributed by atoms with E-state index in [1.807, 2.05) is 12.1 Å². The summed E-state index contributed by atoms with van der Waals surface area (Å²) in [6.45, 7) is 3.01. The molecule has 0 spiro atoms. The van der Waals surface area contributed by atoms with Gasteiger partial charge in [0.25, 0.3) is 0 Å². The maximum atomic E-state index is 5.27. The second-order valence-electron chi connectivity index (χ2n) is 6.63. The molecule has 0 saturated heterocycles. The molecule has 0 aliphatic rings. The van der Waals surface area contributed by atoms with Crippen LogP contribution in [0.5, 0.6) is 5.75 Å². The maximum absolute atomic E-state index is 5.27. The summed E-state index contributed by atoms with van der Waals surface area (Å²) >= 11 is 0. The second-order valence-corrected chi connectivity index (χ2v) is 6.63. The van der Waals surface area contributed by atoms with Gasteiger partial charge in [-0.2, -0.15) is 0 Å². The fourth-order valence-corrected chi connectivity index (χ4v) is 3.20. The van der Waals surface area contributed by atoms with Gasteiger partial charge >= 0.3 is 0 Å². The molecule has 0 fully saturated rings. The minimum Gasteiger partial charge on any atom is -0.497 e. The Morgan fingerprint density at radius 1 is 0.654 bits per heavy atom. The zero-order valence-corrected chi connectivity index (χ0v) is 15.5. The standard InChI is InChI=1S/C24H27NO/c1-26-24-16-14-23(15-17-24)20-25(19-22-11-6-3-7-12-22)18-8-13-21-9-4-2-5-10-21/h2-7,9-12,14-17H,8,13,18-20H2,1H3. The summed E-state index contributed by atoms with van der Waals surface area (Å²) in [5, 5.41) is 0. The Morgan fingerprint density at radius 3 is 1.77 bits per heavy atom. The van der Waals surface area contributed by atoms with Crippen LogP contribution in [0.25, 0.3) is 0 Å². The minimum atomic E-state index is 0.910. The Morgan fingerprint density at radius 2 is 1.19 bits per heavy atom. The molecule has 0 atom stereocenters. The van der Waals surface area contributed by atoms with E-state index in [4.69, 9.17) is 4.74 Å². The smallest absolute Gasteiger partial charge is 0.118 e. The molecular weight excluding hydrogens is 318 g/mol. The fourth-order valence-electron chi connectivity index (χ4n) is 3.20. The van der Waals surface area contributed by atoms with Crippen LogP contribution in [0, 0.1) is 0 Å². The van der Waals surface area contributed by atoms with Crippen LogP contribution in [0.4, 0.5) is 0 Å². The molecular formula is C24H27NO. The zero-order valence-electron chi connectivity index (χ0n) is 15.5. The average molecular weight is 345 g/mol. The van der Waals surface area contributed by atoms with Crippen LogP contribution in [0.2, 0.25) is 0 Å². The molecule has 3 aromatic rings. The number of hydrogen-bond acceptors (Lipinski definition) is 2. The van der Waals surface area contributed by atoms with Gasteiger partial charge in [0.1, 0.15) is 5.75 Å². The molecule has 0 aliphatic heterocycles. The number of nitrogens with zero attached hydrogens (tertiary/aromatic N) is 1. The van der Waals surface area contributed by atoms with Gasteiger partial charge in [-0.1, -0.05) is 72.8 Å². The van der Waals surface area contributed by atoms with Crippen molar-refractivity contribution in [1.29, 1.82) is 0 Å². The van der Waals surface area contributed by atoms with E-state index < -0.39 is 0 Å². The van der Waals surface area contributed by atoms with E-state index in [1.54, 1.807) is 7.11 Å². The van der Waals surface area contributed by atoms with Crippen molar-refractivity contribution in [3.63, 3.8) is 0 Å². The fraction of sp³-hybridized carbons (Fsp3) is 0.250. The number of rotatable bonds is 9. The van der Waals surface area contributed by atoms with E-state index in [0.29, 0.717) is 0 Å². The molecule has 0 aliphatic carbocycles. The molecule has 0 amide bonds. The lowest BCUT2D eigenvalue weighted by Crippen LogP contribution is -2.24. The van der Waals surface area contributed by atoms with E-state index in [1.165, 1.54) is 16.7 Å². The normalized spacial score (nSPS) is 10.8. The molecule has 0 N–H and O–H groups in total. The van der Waals surface area contributed by atoms with E-state index in [0.717, 1.165) is 38.2 Å². The van der Waals surface area contributed by atoms with Gasteiger partial charge in [0.2, 0.25) is 0 Å². The van der Waals surface area contributed by atoms with Crippen LogP contribution in [0.1, 0.15) is 23.1 Å². The molecule has 26 heavy (non-hydrogen) atoms. The lowest BCUT2D eigenvalue weighted by atomic mass is 10.1. The highest BCUT2D eigenvalue weighted by molar-refractivity contribution is 5.27. The van der Waals surface area contributed by atoms with Gasteiger partial charge in [-0.25, -0.2) is 0 Å². The molecule has 2 nitrogen and oxygen atoms in total. The first-order valence-electron chi connectivity index (χ1n) is 9.26. The molecule has 0 heterocycles. The third-order valence-electron chi connectivity index (χ3n) is 4.60.